The summed E-state index contributed by atoms with van der Waals surface area (Å²) in [7, 11) is 0. The van der Waals surface area contributed by atoms with E-state index in [9.17, 15) is 4.79 Å². The number of ketones is 1. The molecule has 0 bridgehead atoms. The van der Waals surface area contributed by atoms with E-state index in [2.05, 4.69) is 11.9 Å². The summed E-state index contributed by atoms with van der Waals surface area (Å²) in [6.07, 6.45) is 0.591. The van der Waals surface area contributed by atoms with Crippen LogP contribution in [0.5, 0.6) is 0 Å². The number of hydrogen-bond donors (Lipinski definition) is 3. The van der Waals surface area contributed by atoms with Gasteiger partial charge in [-0.15, -0.1) is 0 Å². The number of rotatable bonds is 6. The fraction of sp³-hybridized carbons (Fsp3) is 0.667. The molecule has 0 aliphatic rings. The maximum Gasteiger partial charge on any atom is 0.152 e. The summed E-state index contributed by atoms with van der Waals surface area (Å²) in [4.78, 5) is 11.3. The van der Waals surface area contributed by atoms with Crippen LogP contribution in [0, 0.1) is 5.92 Å². The molecule has 76 valence electrons. The number of hydrogen-bond acceptors (Lipinski definition) is 4. The first-order valence-corrected chi connectivity index (χ1v) is 4.42. The van der Waals surface area contributed by atoms with E-state index in [1.54, 1.807) is 0 Å². The molecular formula is C9H19N3O. The topological polar surface area (TPSA) is 81.1 Å². The van der Waals surface area contributed by atoms with Gasteiger partial charge in [0.1, 0.15) is 0 Å². The van der Waals surface area contributed by atoms with Gasteiger partial charge in [-0.05, 0) is 6.42 Å². The summed E-state index contributed by atoms with van der Waals surface area (Å²) >= 11 is 0. The van der Waals surface area contributed by atoms with E-state index >= 15 is 0 Å². The summed E-state index contributed by atoms with van der Waals surface area (Å²) in [5.74, 6) is 0.490. The van der Waals surface area contributed by atoms with Gasteiger partial charge in [-0.2, -0.15) is 0 Å². The molecule has 0 fully saturated rings. The van der Waals surface area contributed by atoms with Crippen LogP contribution in [0.15, 0.2) is 12.4 Å². The molecule has 0 aromatic carbocycles. The third-order valence-electron chi connectivity index (χ3n) is 1.74. The largest absolute Gasteiger partial charge is 0.386 e. The number of nitrogens with one attached hydrogen (secondary N) is 1. The smallest absolute Gasteiger partial charge is 0.152 e. The second kappa shape index (κ2) is 5.59. The zero-order valence-corrected chi connectivity index (χ0v) is 8.34. The molecule has 0 saturated carbocycles. The van der Waals surface area contributed by atoms with Crippen LogP contribution in [0.4, 0.5) is 0 Å². The molecule has 0 aliphatic heterocycles. The number of nitrogens with two attached hydrogens (primary N) is 2. The molecular weight excluding hydrogens is 166 g/mol. The summed E-state index contributed by atoms with van der Waals surface area (Å²) in [6, 6.07) is -0.396. The Kier molecular flexibility index (Phi) is 5.14. The second-order valence-electron chi connectivity index (χ2n) is 3.40. The van der Waals surface area contributed by atoms with E-state index < -0.39 is 6.04 Å². The van der Waals surface area contributed by atoms with Crippen LogP contribution in [0.3, 0.4) is 0 Å². The van der Waals surface area contributed by atoms with Crippen molar-refractivity contribution in [2.45, 2.75) is 26.3 Å². The molecule has 0 aliphatic carbocycles. The molecule has 0 saturated heterocycles. The minimum Gasteiger partial charge on any atom is -0.386 e. The average molecular weight is 185 g/mol. The Bertz CT molecular complexity index is 189. The highest BCUT2D eigenvalue weighted by molar-refractivity contribution is 5.85. The van der Waals surface area contributed by atoms with E-state index in [0.717, 1.165) is 0 Å². The summed E-state index contributed by atoms with van der Waals surface area (Å²) < 4.78 is 0. The first-order valence-electron chi connectivity index (χ1n) is 4.42. The Morgan fingerprint density at radius 3 is 2.46 bits per heavy atom. The number of carbonyl (C=O) groups is 1. The highest BCUT2D eigenvalue weighted by atomic mass is 16.1. The molecule has 4 nitrogen and oxygen atoms in total. The maximum atomic E-state index is 11.3. The Balaban J connectivity index is 3.68. The minimum absolute atomic E-state index is 0.00363. The van der Waals surface area contributed by atoms with Gasteiger partial charge in [0.15, 0.2) is 5.78 Å². The van der Waals surface area contributed by atoms with Gasteiger partial charge in [0, 0.05) is 12.5 Å². The summed E-state index contributed by atoms with van der Waals surface area (Å²) in [5, 5.41) is 2.82. The van der Waals surface area contributed by atoms with Crippen molar-refractivity contribution in [3.63, 3.8) is 0 Å². The highest BCUT2D eigenvalue weighted by Gasteiger charge is 2.15. The van der Waals surface area contributed by atoms with Crippen molar-refractivity contribution in [2.24, 2.45) is 17.4 Å². The van der Waals surface area contributed by atoms with Crippen molar-refractivity contribution in [1.82, 2.24) is 5.32 Å². The van der Waals surface area contributed by atoms with Gasteiger partial charge >= 0.3 is 0 Å². The molecule has 0 spiro atoms. The van der Waals surface area contributed by atoms with Gasteiger partial charge in [0.05, 0.1) is 11.9 Å². The van der Waals surface area contributed by atoms with E-state index in [0.29, 0.717) is 18.8 Å². The van der Waals surface area contributed by atoms with E-state index in [1.165, 1.54) is 0 Å². The van der Waals surface area contributed by atoms with Crippen molar-refractivity contribution in [2.75, 3.05) is 6.54 Å². The zero-order chi connectivity index (χ0) is 10.4. The molecule has 4 heteroatoms. The van der Waals surface area contributed by atoms with Gasteiger partial charge in [-0.3, -0.25) is 4.79 Å². The Hall–Kier alpha value is -1.03. The van der Waals surface area contributed by atoms with Gasteiger partial charge < -0.3 is 16.8 Å². The van der Waals surface area contributed by atoms with Gasteiger partial charge in [-0.1, -0.05) is 20.4 Å². The lowest BCUT2D eigenvalue weighted by Crippen LogP contribution is -2.36. The van der Waals surface area contributed by atoms with E-state index in [1.807, 2.05) is 13.8 Å². The van der Waals surface area contributed by atoms with Crippen LogP contribution >= 0.6 is 0 Å². The number of carbonyl (C=O) groups excluding carboxylic acids is 1. The lowest BCUT2D eigenvalue weighted by atomic mass is 10.0. The molecule has 0 radical (unpaired) electrons. The average Bonchev–Trinajstić information content (AvgIpc) is 2.02. The fourth-order valence-corrected chi connectivity index (χ4v) is 0.959. The van der Waals surface area contributed by atoms with Crippen molar-refractivity contribution in [3.8, 4) is 0 Å². The SMILES string of the molecule is C=C(N)NCC[C@@H](N)C(=O)C(C)C. The molecule has 13 heavy (non-hydrogen) atoms. The highest BCUT2D eigenvalue weighted by Crippen LogP contribution is 2.00. The van der Waals surface area contributed by atoms with Crippen LogP contribution in [0.2, 0.25) is 0 Å². The second-order valence-corrected chi connectivity index (χ2v) is 3.40. The van der Waals surface area contributed by atoms with Gasteiger partial charge in [0.25, 0.3) is 0 Å². The maximum absolute atomic E-state index is 11.3. The Labute approximate surface area is 79.4 Å². The van der Waals surface area contributed by atoms with Crippen LogP contribution in [0.1, 0.15) is 20.3 Å². The number of Topliss-reactive ketones (excluding diaryl/α,β-unsaturated/α-hetero) is 1. The minimum atomic E-state index is -0.396. The predicted octanol–water partition coefficient (Wildman–Crippen LogP) is -0.0516. The van der Waals surface area contributed by atoms with Gasteiger partial charge in [-0.25, -0.2) is 0 Å². The third-order valence-corrected chi connectivity index (χ3v) is 1.74. The monoisotopic (exact) mass is 185 g/mol. The quantitative estimate of drug-likeness (QED) is 0.542. The van der Waals surface area contributed by atoms with Crippen LogP contribution in [-0.2, 0) is 4.79 Å². The molecule has 0 rings (SSSR count). The van der Waals surface area contributed by atoms with Crippen molar-refractivity contribution < 1.29 is 4.79 Å². The summed E-state index contributed by atoms with van der Waals surface area (Å²) in [6.45, 7) is 7.75. The lowest BCUT2D eigenvalue weighted by molar-refractivity contribution is -0.123. The van der Waals surface area contributed by atoms with Crippen molar-refractivity contribution in [1.29, 1.82) is 0 Å². The Morgan fingerprint density at radius 1 is 1.54 bits per heavy atom. The van der Waals surface area contributed by atoms with Crippen LogP contribution < -0.4 is 16.8 Å². The van der Waals surface area contributed by atoms with Crippen LogP contribution in [0.25, 0.3) is 0 Å². The molecule has 1 atom stereocenters. The predicted molar refractivity (Wildman–Crippen MR) is 53.8 cm³/mol. The van der Waals surface area contributed by atoms with Crippen LogP contribution in [-0.4, -0.2) is 18.4 Å². The van der Waals surface area contributed by atoms with E-state index in [-0.39, 0.29) is 11.7 Å². The third kappa shape index (κ3) is 5.25. The molecule has 0 heterocycles. The molecule has 0 aromatic rings. The normalized spacial score (nSPS) is 12.6. The summed E-state index contributed by atoms with van der Waals surface area (Å²) in [5.41, 5.74) is 10.9. The van der Waals surface area contributed by atoms with Crippen molar-refractivity contribution >= 4 is 5.78 Å². The molecule has 5 N–H and O–H groups in total. The molecule has 0 amide bonds. The van der Waals surface area contributed by atoms with E-state index in [4.69, 9.17) is 11.5 Å². The molecule has 0 aromatic heterocycles. The lowest BCUT2D eigenvalue weighted by Gasteiger charge is -2.13. The van der Waals surface area contributed by atoms with Crippen molar-refractivity contribution in [3.05, 3.63) is 12.4 Å². The molecule has 0 unspecified atom stereocenters. The first kappa shape index (κ1) is 12.0. The standard InChI is InChI=1S/C9H19N3O/c1-6(2)9(13)8(11)4-5-12-7(3)10/h6,8,12H,3-5,10-11H2,1-2H3/t8-/m1/s1. The Morgan fingerprint density at radius 2 is 2.08 bits per heavy atom. The fourth-order valence-electron chi connectivity index (χ4n) is 0.959. The zero-order valence-electron chi connectivity index (χ0n) is 8.34. The van der Waals surface area contributed by atoms with Gasteiger partial charge in [0.2, 0.25) is 0 Å². The first-order chi connectivity index (χ1) is 5.95.